The number of benzene rings is 1. The lowest BCUT2D eigenvalue weighted by atomic mass is 10.2. The molecule has 110 valence electrons. The van der Waals surface area contributed by atoms with Crippen molar-refractivity contribution in [1.82, 2.24) is 14.9 Å². The van der Waals surface area contributed by atoms with Crippen molar-refractivity contribution in [1.29, 1.82) is 0 Å². The molecule has 1 N–H and O–H groups in total. The highest BCUT2D eigenvalue weighted by molar-refractivity contribution is 5.85. The third-order valence-electron chi connectivity index (χ3n) is 2.39. The Hall–Kier alpha value is -2.90. The second-order valence-corrected chi connectivity index (χ2v) is 3.88. The number of nitrogens with zero attached hydrogens (tertiary/aromatic N) is 4. The SMILES string of the molecule is CCOc1cccc(/C=N\n2cnnc2)c1OCC(=O)O. The molecule has 1 aromatic carbocycles. The van der Waals surface area contributed by atoms with E-state index in [0.717, 1.165) is 0 Å². The number of carboxylic acids is 1. The fourth-order valence-corrected chi connectivity index (χ4v) is 1.58. The molecule has 0 unspecified atom stereocenters. The summed E-state index contributed by atoms with van der Waals surface area (Å²) in [5.41, 5.74) is 0.593. The van der Waals surface area contributed by atoms with Gasteiger partial charge in [0.05, 0.1) is 12.8 Å². The van der Waals surface area contributed by atoms with Gasteiger partial charge in [0.25, 0.3) is 0 Å². The average molecular weight is 290 g/mol. The van der Waals surface area contributed by atoms with Crippen LogP contribution in [0.4, 0.5) is 0 Å². The standard InChI is InChI=1S/C13H14N4O4/c1-2-20-11-5-3-4-10(13(11)21-7-12(18)19)6-16-17-8-14-15-9-17/h3-6,8-9H,2,7H2,1H3,(H,18,19)/b16-6-. The molecular weight excluding hydrogens is 276 g/mol. The van der Waals surface area contributed by atoms with Crippen LogP contribution in [-0.2, 0) is 4.79 Å². The number of rotatable bonds is 7. The second kappa shape index (κ2) is 7.04. The van der Waals surface area contributed by atoms with Gasteiger partial charge < -0.3 is 14.6 Å². The van der Waals surface area contributed by atoms with Crippen LogP contribution in [0.1, 0.15) is 12.5 Å². The zero-order chi connectivity index (χ0) is 15.1. The first-order chi connectivity index (χ1) is 10.2. The van der Waals surface area contributed by atoms with Gasteiger partial charge in [-0.2, -0.15) is 5.10 Å². The summed E-state index contributed by atoms with van der Waals surface area (Å²) < 4.78 is 12.1. The van der Waals surface area contributed by atoms with Crippen LogP contribution >= 0.6 is 0 Å². The van der Waals surface area contributed by atoms with E-state index in [1.807, 2.05) is 6.92 Å². The molecule has 2 aromatic rings. The minimum atomic E-state index is -1.07. The predicted octanol–water partition coefficient (Wildman–Crippen LogP) is 1.02. The summed E-state index contributed by atoms with van der Waals surface area (Å²) in [6, 6.07) is 5.22. The largest absolute Gasteiger partial charge is 0.490 e. The molecular formula is C13H14N4O4. The van der Waals surface area contributed by atoms with E-state index in [9.17, 15) is 4.79 Å². The molecule has 0 saturated heterocycles. The summed E-state index contributed by atoms with van der Waals surface area (Å²) in [6.07, 6.45) is 4.38. The maximum atomic E-state index is 10.7. The Kier molecular flexibility index (Phi) is 4.86. The Morgan fingerprint density at radius 3 is 2.81 bits per heavy atom. The molecule has 0 saturated carbocycles. The summed E-state index contributed by atoms with van der Waals surface area (Å²) in [4.78, 5) is 10.7. The molecule has 1 aromatic heterocycles. The van der Waals surface area contributed by atoms with Crippen molar-refractivity contribution in [2.45, 2.75) is 6.92 Å². The van der Waals surface area contributed by atoms with E-state index in [4.69, 9.17) is 14.6 Å². The van der Waals surface area contributed by atoms with E-state index in [1.165, 1.54) is 23.5 Å². The average Bonchev–Trinajstić information content (AvgIpc) is 2.97. The highest BCUT2D eigenvalue weighted by atomic mass is 16.5. The number of carbonyl (C=O) groups is 1. The van der Waals surface area contributed by atoms with Crippen LogP contribution in [0.15, 0.2) is 36.0 Å². The van der Waals surface area contributed by atoms with Crippen molar-refractivity contribution in [2.75, 3.05) is 13.2 Å². The summed E-state index contributed by atoms with van der Waals surface area (Å²) in [7, 11) is 0. The Morgan fingerprint density at radius 1 is 1.38 bits per heavy atom. The molecule has 0 fully saturated rings. The van der Waals surface area contributed by atoms with Gasteiger partial charge in [-0.05, 0) is 19.1 Å². The maximum absolute atomic E-state index is 10.7. The molecule has 8 heteroatoms. The number of hydrogen-bond acceptors (Lipinski definition) is 6. The molecule has 0 atom stereocenters. The summed E-state index contributed by atoms with van der Waals surface area (Å²) in [5.74, 6) is -0.270. The quantitative estimate of drug-likeness (QED) is 0.764. The van der Waals surface area contributed by atoms with Gasteiger partial charge in [-0.3, -0.25) is 0 Å². The Bertz CT molecular complexity index is 625. The van der Waals surface area contributed by atoms with Crippen molar-refractivity contribution in [2.24, 2.45) is 5.10 Å². The van der Waals surface area contributed by atoms with Crippen molar-refractivity contribution in [3.63, 3.8) is 0 Å². The molecule has 8 nitrogen and oxygen atoms in total. The first kappa shape index (κ1) is 14.5. The van der Waals surface area contributed by atoms with Gasteiger partial charge in [0.2, 0.25) is 0 Å². The lowest BCUT2D eigenvalue weighted by Gasteiger charge is -2.12. The molecule has 0 amide bonds. The zero-order valence-electron chi connectivity index (χ0n) is 11.3. The van der Waals surface area contributed by atoms with Gasteiger partial charge in [-0.25, -0.2) is 9.47 Å². The molecule has 21 heavy (non-hydrogen) atoms. The summed E-state index contributed by atoms with van der Waals surface area (Å²) in [5, 5.41) is 20.1. The Morgan fingerprint density at radius 2 is 2.14 bits per heavy atom. The molecule has 0 aliphatic rings. The van der Waals surface area contributed by atoms with Crippen LogP contribution in [0.5, 0.6) is 11.5 Å². The number of ether oxygens (including phenoxy) is 2. The fraction of sp³-hybridized carbons (Fsp3) is 0.231. The van der Waals surface area contributed by atoms with E-state index < -0.39 is 12.6 Å². The lowest BCUT2D eigenvalue weighted by Crippen LogP contribution is -2.11. The second-order valence-electron chi connectivity index (χ2n) is 3.88. The van der Waals surface area contributed by atoms with Gasteiger partial charge in [0.1, 0.15) is 12.7 Å². The van der Waals surface area contributed by atoms with Crippen molar-refractivity contribution >= 4 is 12.2 Å². The van der Waals surface area contributed by atoms with Crippen molar-refractivity contribution < 1.29 is 19.4 Å². The van der Waals surface area contributed by atoms with Crippen molar-refractivity contribution in [3.05, 3.63) is 36.4 Å². The van der Waals surface area contributed by atoms with Crippen LogP contribution in [-0.4, -0.2) is 45.4 Å². The van der Waals surface area contributed by atoms with E-state index in [1.54, 1.807) is 18.2 Å². The fourth-order valence-electron chi connectivity index (χ4n) is 1.58. The van der Waals surface area contributed by atoms with Gasteiger partial charge in [-0.15, -0.1) is 10.2 Å². The molecule has 0 spiro atoms. The number of para-hydroxylation sites is 1. The minimum Gasteiger partial charge on any atom is -0.490 e. The monoisotopic (exact) mass is 290 g/mol. The summed E-state index contributed by atoms with van der Waals surface area (Å²) >= 11 is 0. The maximum Gasteiger partial charge on any atom is 0.341 e. The Balaban J connectivity index is 2.29. The highest BCUT2D eigenvalue weighted by Crippen LogP contribution is 2.30. The number of carboxylic acid groups (broad SMARTS) is 1. The minimum absolute atomic E-state index is 0.332. The summed E-state index contributed by atoms with van der Waals surface area (Å²) in [6.45, 7) is 1.81. The van der Waals surface area contributed by atoms with Gasteiger partial charge in [0.15, 0.2) is 18.1 Å². The van der Waals surface area contributed by atoms with Crippen LogP contribution in [0.25, 0.3) is 0 Å². The number of aliphatic carboxylic acids is 1. The number of hydrogen-bond donors (Lipinski definition) is 1. The van der Waals surface area contributed by atoms with Crippen LogP contribution in [0, 0.1) is 0 Å². The first-order valence-corrected chi connectivity index (χ1v) is 6.20. The molecule has 1 heterocycles. The number of aromatic nitrogens is 3. The third kappa shape index (κ3) is 4.03. The smallest absolute Gasteiger partial charge is 0.341 e. The molecule has 2 rings (SSSR count). The lowest BCUT2D eigenvalue weighted by molar-refractivity contribution is -0.139. The van der Waals surface area contributed by atoms with Gasteiger partial charge in [-0.1, -0.05) is 6.07 Å². The van der Waals surface area contributed by atoms with Crippen LogP contribution < -0.4 is 9.47 Å². The normalized spacial score (nSPS) is 10.7. The third-order valence-corrected chi connectivity index (χ3v) is 2.39. The molecule has 0 radical (unpaired) electrons. The van der Waals surface area contributed by atoms with Crippen molar-refractivity contribution in [3.8, 4) is 11.5 Å². The van der Waals surface area contributed by atoms with Crippen LogP contribution in [0.3, 0.4) is 0 Å². The Labute approximate surface area is 120 Å². The van der Waals surface area contributed by atoms with E-state index in [2.05, 4.69) is 15.3 Å². The molecule has 0 aliphatic heterocycles. The van der Waals surface area contributed by atoms with Gasteiger partial charge in [0, 0.05) is 5.56 Å². The van der Waals surface area contributed by atoms with E-state index >= 15 is 0 Å². The van der Waals surface area contributed by atoms with E-state index in [0.29, 0.717) is 23.7 Å². The first-order valence-electron chi connectivity index (χ1n) is 6.20. The topological polar surface area (TPSA) is 98.8 Å². The van der Waals surface area contributed by atoms with E-state index in [-0.39, 0.29) is 0 Å². The molecule has 0 aliphatic carbocycles. The van der Waals surface area contributed by atoms with Crippen LogP contribution in [0.2, 0.25) is 0 Å². The zero-order valence-corrected chi connectivity index (χ0v) is 11.3. The van der Waals surface area contributed by atoms with Gasteiger partial charge >= 0.3 is 5.97 Å². The predicted molar refractivity (Wildman–Crippen MR) is 73.8 cm³/mol. The highest BCUT2D eigenvalue weighted by Gasteiger charge is 2.11. The molecule has 0 bridgehead atoms.